The van der Waals surface area contributed by atoms with Gasteiger partial charge in [0.15, 0.2) is 11.5 Å². The minimum Gasteiger partial charge on any atom is -0.494 e. The predicted octanol–water partition coefficient (Wildman–Crippen LogP) is 6.56. The monoisotopic (exact) mass is 377 g/mol. The third-order valence-electron chi connectivity index (χ3n) is 4.74. The van der Waals surface area contributed by atoms with Crippen molar-refractivity contribution in [2.45, 2.75) is 46.0 Å². The van der Waals surface area contributed by atoms with Gasteiger partial charge in [0.05, 0.1) is 6.61 Å². The van der Waals surface area contributed by atoms with Crippen molar-refractivity contribution < 1.29 is 14.1 Å². The van der Waals surface area contributed by atoms with Gasteiger partial charge < -0.3 is 9.26 Å². The van der Waals surface area contributed by atoms with Crippen LogP contribution in [-0.4, -0.2) is 17.5 Å². The largest absolute Gasteiger partial charge is 0.494 e. The van der Waals surface area contributed by atoms with Gasteiger partial charge in [-0.15, -0.1) is 0 Å². The molecule has 0 atom stereocenters. The predicted molar refractivity (Wildman–Crippen MR) is 112 cm³/mol. The zero-order chi connectivity index (χ0) is 19.8. The van der Waals surface area contributed by atoms with Gasteiger partial charge in [0, 0.05) is 29.2 Å². The number of rotatable bonds is 10. The molecule has 4 nitrogen and oxygen atoms in total. The Balaban J connectivity index is 1.62. The van der Waals surface area contributed by atoms with Crippen LogP contribution >= 0.6 is 0 Å². The molecule has 0 aliphatic rings. The fraction of sp³-hybridized carbons (Fsp3) is 0.333. The molecule has 0 N–H and O–H groups in total. The molecule has 4 heteroatoms. The lowest BCUT2D eigenvalue weighted by molar-refractivity contribution is 0.0988. The number of carbonyl (C=O) groups excluding carboxylic acids is 1. The number of hydrogen-bond donors (Lipinski definition) is 0. The van der Waals surface area contributed by atoms with Crippen LogP contribution in [0.25, 0.3) is 22.6 Å². The molecule has 0 saturated carbocycles. The molecule has 28 heavy (non-hydrogen) atoms. The third-order valence-corrected chi connectivity index (χ3v) is 4.74. The maximum atomic E-state index is 11.7. The van der Waals surface area contributed by atoms with E-state index in [4.69, 9.17) is 9.26 Å². The van der Waals surface area contributed by atoms with E-state index in [9.17, 15) is 4.79 Å². The third kappa shape index (κ3) is 5.10. The van der Waals surface area contributed by atoms with Gasteiger partial charge in [0.25, 0.3) is 0 Å². The van der Waals surface area contributed by atoms with Crippen LogP contribution in [0.4, 0.5) is 0 Å². The van der Waals surface area contributed by atoms with Crippen LogP contribution in [0.15, 0.2) is 59.1 Å². The molecule has 0 amide bonds. The van der Waals surface area contributed by atoms with E-state index >= 15 is 0 Å². The molecule has 3 rings (SSSR count). The zero-order valence-corrected chi connectivity index (χ0v) is 16.6. The van der Waals surface area contributed by atoms with Crippen molar-refractivity contribution in [2.24, 2.45) is 0 Å². The lowest BCUT2D eigenvalue weighted by Crippen LogP contribution is -1.96. The lowest BCUT2D eigenvalue weighted by atomic mass is 10.0. The van der Waals surface area contributed by atoms with Crippen LogP contribution in [0.5, 0.6) is 5.75 Å². The number of ketones is 1. The smallest absolute Gasteiger partial charge is 0.167 e. The number of nitrogens with zero attached hydrogens (tertiary/aromatic N) is 1. The summed E-state index contributed by atoms with van der Waals surface area (Å²) in [7, 11) is 0. The Kier molecular flexibility index (Phi) is 7.01. The second-order valence-electron chi connectivity index (χ2n) is 6.86. The van der Waals surface area contributed by atoms with E-state index in [1.165, 1.54) is 19.3 Å². The maximum absolute atomic E-state index is 11.7. The summed E-state index contributed by atoms with van der Waals surface area (Å²) in [6, 6.07) is 17.3. The van der Waals surface area contributed by atoms with Crippen molar-refractivity contribution in [1.29, 1.82) is 0 Å². The number of carbonyl (C=O) groups is 1. The highest BCUT2D eigenvalue weighted by molar-refractivity contribution is 5.96. The molecular formula is C24H27NO3. The van der Waals surface area contributed by atoms with Crippen LogP contribution in [0, 0.1) is 0 Å². The summed E-state index contributed by atoms with van der Waals surface area (Å²) >= 11 is 0. The van der Waals surface area contributed by atoms with Crippen molar-refractivity contribution in [3.8, 4) is 28.3 Å². The van der Waals surface area contributed by atoms with Crippen molar-refractivity contribution in [1.82, 2.24) is 5.16 Å². The summed E-state index contributed by atoms with van der Waals surface area (Å²) in [6.45, 7) is 4.82. The van der Waals surface area contributed by atoms with Crippen LogP contribution in [0.2, 0.25) is 0 Å². The molecule has 0 bridgehead atoms. The lowest BCUT2D eigenvalue weighted by Gasteiger charge is -2.06. The van der Waals surface area contributed by atoms with Gasteiger partial charge >= 0.3 is 0 Å². The summed E-state index contributed by atoms with van der Waals surface area (Å²) in [4.78, 5) is 11.7. The first-order valence-electron chi connectivity index (χ1n) is 10.0. The Labute approximate surface area is 166 Å². The van der Waals surface area contributed by atoms with Crippen molar-refractivity contribution in [3.63, 3.8) is 0 Å². The fourth-order valence-electron chi connectivity index (χ4n) is 3.01. The SMILES string of the molecule is CCCCCCOc1ccc(-c2cc(-c3ccc(C(=O)CC)cc3)no2)cc1. The first-order valence-corrected chi connectivity index (χ1v) is 10.0. The first-order chi connectivity index (χ1) is 13.7. The normalized spacial score (nSPS) is 10.8. The van der Waals surface area contributed by atoms with E-state index in [2.05, 4.69) is 12.1 Å². The molecule has 0 saturated heterocycles. The first kappa shape index (κ1) is 19.9. The zero-order valence-electron chi connectivity index (χ0n) is 16.6. The molecule has 1 aromatic heterocycles. The quantitative estimate of drug-likeness (QED) is 0.296. The summed E-state index contributed by atoms with van der Waals surface area (Å²) in [6.07, 6.45) is 5.29. The molecular weight excluding hydrogens is 350 g/mol. The Hall–Kier alpha value is -2.88. The van der Waals surface area contributed by atoms with Gasteiger partial charge in [0.1, 0.15) is 11.4 Å². The highest BCUT2D eigenvalue weighted by atomic mass is 16.5. The standard InChI is InChI=1S/C24H27NO3/c1-3-5-6-7-16-27-21-14-12-20(13-15-21)24-17-22(25-28-24)18-8-10-19(11-9-18)23(26)4-2/h8-15,17H,3-7,16H2,1-2H3. The fourth-order valence-corrected chi connectivity index (χ4v) is 3.01. The maximum Gasteiger partial charge on any atom is 0.167 e. The Morgan fingerprint density at radius 2 is 1.64 bits per heavy atom. The minimum atomic E-state index is 0.139. The van der Waals surface area contributed by atoms with Gasteiger partial charge in [-0.2, -0.15) is 0 Å². The summed E-state index contributed by atoms with van der Waals surface area (Å²) in [5.41, 5.74) is 3.35. The summed E-state index contributed by atoms with van der Waals surface area (Å²) in [5.74, 6) is 1.72. The molecule has 1 heterocycles. The molecule has 0 aliphatic heterocycles. The second kappa shape index (κ2) is 9.88. The molecule has 3 aromatic rings. The van der Waals surface area contributed by atoms with Crippen LogP contribution in [-0.2, 0) is 0 Å². The average Bonchev–Trinajstić information content (AvgIpc) is 3.24. The van der Waals surface area contributed by atoms with Crippen molar-refractivity contribution in [3.05, 3.63) is 60.2 Å². The Morgan fingerprint density at radius 1 is 0.929 bits per heavy atom. The van der Waals surface area contributed by atoms with Gasteiger partial charge in [-0.1, -0.05) is 62.5 Å². The summed E-state index contributed by atoms with van der Waals surface area (Å²) in [5, 5.41) is 4.17. The highest BCUT2D eigenvalue weighted by Crippen LogP contribution is 2.27. The van der Waals surface area contributed by atoms with Gasteiger partial charge in [-0.25, -0.2) is 0 Å². The van der Waals surface area contributed by atoms with E-state index in [-0.39, 0.29) is 5.78 Å². The molecule has 0 radical (unpaired) electrons. The molecule has 146 valence electrons. The van der Waals surface area contributed by atoms with Crippen LogP contribution in [0.3, 0.4) is 0 Å². The number of ether oxygens (including phenoxy) is 1. The van der Waals surface area contributed by atoms with E-state index in [0.717, 1.165) is 41.2 Å². The molecule has 0 spiro atoms. The molecule has 2 aromatic carbocycles. The minimum absolute atomic E-state index is 0.139. The van der Waals surface area contributed by atoms with E-state index < -0.39 is 0 Å². The summed E-state index contributed by atoms with van der Waals surface area (Å²) < 4.78 is 11.3. The van der Waals surface area contributed by atoms with E-state index in [1.54, 1.807) is 0 Å². The van der Waals surface area contributed by atoms with Crippen molar-refractivity contribution >= 4 is 5.78 Å². The van der Waals surface area contributed by atoms with Gasteiger partial charge in [-0.3, -0.25) is 4.79 Å². The van der Waals surface area contributed by atoms with E-state index in [1.807, 2.05) is 61.5 Å². The number of aromatic nitrogens is 1. The topological polar surface area (TPSA) is 52.3 Å². The Bertz CT molecular complexity index is 879. The number of benzene rings is 2. The average molecular weight is 377 g/mol. The van der Waals surface area contributed by atoms with Crippen LogP contribution < -0.4 is 4.74 Å². The van der Waals surface area contributed by atoms with Gasteiger partial charge in [0.2, 0.25) is 0 Å². The van der Waals surface area contributed by atoms with E-state index in [0.29, 0.717) is 12.2 Å². The Morgan fingerprint density at radius 3 is 2.32 bits per heavy atom. The second-order valence-corrected chi connectivity index (χ2v) is 6.86. The number of Topliss-reactive ketones (excluding diaryl/α,β-unsaturated/α-hetero) is 1. The highest BCUT2D eigenvalue weighted by Gasteiger charge is 2.10. The number of hydrogen-bond acceptors (Lipinski definition) is 4. The molecule has 0 unspecified atom stereocenters. The van der Waals surface area contributed by atoms with Gasteiger partial charge in [-0.05, 0) is 30.7 Å². The number of unbranched alkanes of at least 4 members (excludes halogenated alkanes) is 3. The molecule has 0 aliphatic carbocycles. The molecule has 0 fully saturated rings. The van der Waals surface area contributed by atoms with Crippen LogP contribution in [0.1, 0.15) is 56.3 Å². The van der Waals surface area contributed by atoms with Crippen molar-refractivity contribution in [2.75, 3.05) is 6.61 Å².